The number of hydrogen-bond donors (Lipinski definition) is 0. The predicted molar refractivity (Wildman–Crippen MR) is 122 cm³/mol. The fourth-order valence-electron chi connectivity index (χ4n) is 4.36. The van der Waals surface area contributed by atoms with E-state index in [9.17, 15) is 4.79 Å². The van der Waals surface area contributed by atoms with Crippen molar-refractivity contribution in [2.75, 3.05) is 13.1 Å². The van der Waals surface area contributed by atoms with E-state index in [0.29, 0.717) is 22.6 Å². The van der Waals surface area contributed by atoms with Crippen molar-refractivity contribution in [3.05, 3.63) is 69.7 Å². The molecule has 6 nitrogen and oxygen atoms in total. The van der Waals surface area contributed by atoms with Gasteiger partial charge in [-0.05, 0) is 62.4 Å². The van der Waals surface area contributed by atoms with Crippen molar-refractivity contribution in [2.24, 2.45) is 0 Å². The molecule has 30 heavy (non-hydrogen) atoms. The number of fused-ring (bicyclic) bond motifs is 3. The molecule has 0 radical (unpaired) electrons. The summed E-state index contributed by atoms with van der Waals surface area (Å²) in [5.74, 6) is 0.557. The first kappa shape index (κ1) is 19.2. The van der Waals surface area contributed by atoms with E-state index in [0.717, 1.165) is 24.3 Å². The molecule has 0 bridgehead atoms. The van der Waals surface area contributed by atoms with Crippen molar-refractivity contribution >= 4 is 28.9 Å². The van der Waals surface area contributed by atoms with Gasteiger partial charge in [-0.15, -0.1) is 5.10 Å². The standard InChI is InChI=1S/C23H25N5OS/c29-21-19-13-7-8-14-20(19)28-22(27(21)18-11-5-4-6-12-18)24-26(23(28)30)17-25-15-9-2-1-3-10-16-25/h4-8,11-14H,1-3,9-10,15-17H2. The number of rotatable bonds is 3. The maximum atomic E-state index is 13.4. The minimum Gasteiger partial charge on any atom is -0.284 e. The van der Waals surface area contributed by atoms with E-state index in [1.807, 2.05) is 63.7 Å². The summed E-state index contributed by atoms with van der Waals surface area (Å²) in [6, 6.07) is 17.3. The van der Waals surface area contributed by atoms with Crippen LogP contribution >= 0.6 is 12.2 Å². The highest BCUT2D eigenvalue weighted by atomic mass is 32.1. The van der Waals surface area contributed by atoms with Crippen LogP contribution in [0.25, 0.3) is 22.4 Å². The van der Waals surface area contributed by atoms with Crippen molar-refractivity contribution in [3.63, 3.8) is 0 Å². The van der Waals surface area contributed by atoms with Crippen LogP contribution < -0.4 is 5.56 Å². The molecule has 3 heterocycles. The fourth-order valence-corrected chi connectivity index (χ4v) is 4.64. The van der Waals surface area contributed by atoms with Gasteiger partial charge in [-0.1, -0.05) is 49.6 Å². The summed E-state index contributed by atoms with van der Waals surface area (Å²) < 4.78 is 6.09. The fraction of sp³-hybridized carbons (Fsp3) is 0.348. The van der Waals surface area contributed by atoms with E-state index >= 15 is 0 Å². The molecule has 0 saturated carbocycles. The van der Waals surface area contributed by atoms with Crippen molar-refractivity contribution in [2.45, 2.75) is 38.8 Å². The molecule has 0 unspecified atom stereocenters. The van der Waals surface area contributed by atoms with E-state index in [1.54, 1.807) is 4.57 Å². The van der Waals surface area contributed by atoms with E-state index in [4.69, 9.17) is 17.3 Å². The normalized spacial score (nSPS) is 16.0. The Hall–Kier alpha value is -2.77. The molecular formula is C23H25N5OS. The van der Waals surface area contributed by atoms with Gasteiger partial charge in [0.25, 0.3) is 5.56 Å². The van der Waals surface area contributed by atoms with Crippen molar-refractivity contribution in [1.82, 2.24) is 23.6 Å². The highest BCUT2D eigenvalue weighted by Crippen LogP contribution is 2.18. The van der Waals surface area contributed by atoms with Crippen LogP contribution in [0.4, 0.5) is 0 Å². The zero-order chi connectivity index (χ0) is 20.5. The molecule has 0 amide bonds. The number of nitrogens with zero attached hydrogens (tertiary/aromatic N) is 5. The molecule has 0 N–H and O–H groups in total. The summed E-state index contributed by atoms with van der Waals surface area (Å²) in [6.45, 7) is 2.77. The Balaban J connectivity index is 1.72. The lowest BCUT2D eigenvalue weighted by Crippen LogP contribution is -2.30. The maximum Gasteiger partial charge on any atom is 0.267 e. The van der Waals surface area contributed by atoms with E-state index in [1.165, 1.54) is 32.1 Å². The first-order valence-corrected chi connectivity index (χ1v) is 11.1. The summed E-state index contributed by atoms with van der Waals surface area (Å²) >= 11 is 5.86. The maximum absolute atomic E-state index is 13.4. The first-order chi connectivity index (χ1) is 14.7. The topological polar surface area (TPSA) is 47.5 Å². The third-order valence-corrected chi connectivity index (χ3v) is 6.29. The summed E-state index contributed by atoms with van der Waals surface area (Å²) in [6.07, 6.45) is 6.31. The molecule has 1 aliphatic heterocycles. The van der Waals surface area contributed by atoms with E-state index in [-0.39, 0.29) is 5.56 Å². The number of aromatic nitrogens is 4. The minimum absolute atomic E-state index is 0.0808. The van der Waals surface area contributed by atoms with Gasteiger partial charge >= 0.3 is 0 Å². The average molecular weight is 420 g/mol. The third-order valence-electron chi connectivity index (χ3n) is 5.90. The Kier molecular flexibility index (Phi) is 5.23. The van der Waals surface area contributed by atoms with Crippen LogP contribution in [0.2, 0.25) is 0 Å². The van der Waals surface area contributed by atoms with Crippen LogP contribution in [0.3, 0.4) is 0 Å². The molecule has 7 heteroatoms. The summed E-state index contributed by atoms with van der Waals surface area (Å²) in [7, 11) is 0. The second-order valence-corrected chi connectivity index (χ2v) is 8.30. The van der Waals surface area contributed by atoms with Gasteiger partial charge < -0.3 is 0 Å². The Morgan fingerprint density at radius 3 is 2.30 bits per heavy atom. The Labute approximate surface area is 180 Å². The molecular weight excluding hydrogens is 394 g/mol. The lowest BCUT2D eigenvalue weighted by molar-refractivity contribution is 0.188. The molecule has 2 aromatic carbocycles. The van der Waals surface area contributed by atoms with Crippen molar-refractivity contribution < 1.29 is 0 Å². The van der Waals surface area contributed by atoms with E-state index in [2.05, 4.69) is 4.90 Å². The number of likely N-dealkylation sites (tertiary alicyclic amines) is 1. The highest BCUT2D eigenvalue weighted by Gasteiger charge is 2.18. The first-order valence-electron chi connectivity index (χ1n) is 10.7. The van der Waals surface area contributed by atoms with Crippen LogP contribution in [-0.2, 0) is 6.67 Å². The van der Waals surface area contributed by atoms with Gasteiger partial charge in [0.2, 0.25) is 10.5 Å². The molecule has 4 aromatic rings. The molecule has 0 atom stereocenters. The van der Waals surface area contributed by atoms with Crippen LogP contribution in [0, 0.1) is 4.77 Å². The van der Waals surface area contributed by atoms with Crippen LogP contribution in [0.1, 0.15) is 32.1 Å². The molecule has 1 fully saturated rings. The van der Waals surface area contributed by atoms with Crippen molar-refractivity contribution in [1.29, 1.82) is 0 Å². The number of hydrogen-bond acceptors (Lipinski definition) is 4. The van der Waals surface area contributed by atoms with Gasteiger partial charge in [0.05, 0.1) is 23.3 Å². The quantitative estimate of drug-likeness (QED) is 0.462. The van der Waals surface area contributed by atoms with Crippen LogP contribution in [-0.4, -0.2) is 36.7 Å². The van der Waals surface area contributed by atoms with Gasteiger partial charge in [0.1, 0.15) is 0 Å². The lowest BCUT2D eigenvalue weighted by atomic mass is 10.1. The highest BCUT2D eigenvalue weighted by molar-refractivity contribution is 7.71. The molecule has 0 aliphatic carbocycles. The molecule has 0 spiro atoms. The Bertz CT molecular complexity index is 1300. The number of benzene rings is 2. The largest absolute Gasteiger partial charge is 0.284 e. The minimum atomic E-state index is -0.0808. The van der Waals surface area contributed by atoms with Gasteiger partial charge in [-0.2, -0.15) is 0 Å². The van der Waals surface area contributed by atoms with Gasteiger partial charge in [-0.3, -0.25) is 14.1 Å². The molecule has 1 saturated heterocycles. The average Bonchev–Trinajstić information content (AvgIpc) is 3.07. The van der Waals surface area contributed by atoms with Gasteiger partial charge in [0.15, 0.2) is 0 Å². The molecule has 154 valence electrons. The van der Waals surface area contributed by atoms with Crippen LogP contribution in [0.5, 0.6) is 0 Å². The SMILES string of the molecule is O=c1c2ccccc2n2c(=S)n(CN3CCCCCCC3)nc2n1-c1ccccc1. The Morgan fingerprint density at radius 2 is 1.53 bits per heavy atom. The second kappa shape index (κ2) is 8.16. The zero-order valence-corrected chi connectivity index (χ0v) is 17.7. The smallest absolute Gasteiger partial charge is 0.267 e. The monoisotopic (exact) mass is 419 g/mol. The van der Waals surface area contributed by atoms with Gasteiger partial charge in [0, 0.05) is 0 Å². The second-order valence-electron chi connectivity index (χ2n) is 7.94. The third kappa shape index (κ3) is 3.38. The van der Waals surface area contributed by atoms with E-state index < -0.39 is 0 Å². The Morgan fingerprint density at radius 1 is 0.867 bits per heavy atom. The van der Waals surface area contributed by atoms with Crippen LogP contribution in [0.15, 0.2) is 59.4 Å². The molecule has 1 aliphatic rings. The summed E-state index contributed by atoms with van der Waals surface area (Å²) in [4.78, 5) is 15.8. The summed E-state index contributed by atoms with van der Waals surface area (Å²) in [5, 5.41) is 5.48. The molecule has 2 aromatic heterocycles. The number of para-hydroxylation sites is 2. The summed E-state index contributed by atoms with van der Waals surface area (Å²) in [5.41, 5.74) is 1.51. The lowest BCUT2D eigenvalue weighted by Gasteiger charge is -2.23. The van der Waals surface area contributed by atoms with Crippen molar-refractivity contribution in [3.8, 4) is 5.69 Å². The predicted octanol–water partition coefficient (Wildman–Crippen LogP) is 4.39. The van der Waals surface area contributed by atoms with Gasteiger partial charge in [-0.25, -0.2) is 9.25 Å². The molecule has 5 rings (SSSR count). The zero-order valence-electron chi connectivity index (χ0n) is 16.9.